The number of nitrogens with one attached hydrogen (secondary N) is 1. The number of hydrogen-bond donors (Lipinski definition) is 1. The van der Waals surface area contributed by atoms with Crippen molar-refractivity contribution in [2.45, 2.75) is 0 Å². The molecule has 27 heavy (non-hydrogen) atoms. The first kappa shape index (κ1) is 19.1. The molecule has 0 radical (unpaired) electrons. The lowest BCUT2D eigenvalue weighted by molar-refractivity contribution is -0.384. The SMILES string of the molecule is O=C(NC(=S)N1CCN(c2ccc([N+](=O)[O-])cc2Cl)CC1)c1ccccc1. The third kappa shape index (κ3) is 4.53. The summed E-state index contributed by atoms with van der Waals surface area (Å²) in [5.41, 5.74) is 1.27. The van der Waals surface area contributed by atoms with Gasteiger partial charge < -0.3 is 9.80 Å². The lowest BCUT2D eigenvalue weighted by atomic mass is 10.2. The van der Waals surface area contributed by atoms with E-state index in [-0.39, 0.29) is 11.6 Å². The number of piperazine rings is 1. The Kier molecular flexibility index (Phi) is 5.88. The van der Waals surface area contributed by atoms with Crippen LogP contribution in [0.15, 0.2) is 48.5 Å². The van der Waals surface area contributed by atoms with Gasteiger partial charge in [-0.3, -0.25) is 20.2 Å². The van der Waals surface area contributed by atoms with Gasteiger partial charge in [0.05, 0.1) is 15.6 Å². The second-order valence-corrected chi connectivity index (χ2v) is 6.79. The molecule has 0 aromatic heterocycles. The number of nitro benzene ring substituents is 1. The van der Waals surface area contributed by atoms with Gasteiger partial charge in [-0.2, -0.15) is 0 Å². The van der Waals surface area contributed by atoms with Crippen molar-refractivity contribution >= 4 is 46.2 Å². The first-order valence-electron chi connectivity index (χ1n) is 8.30. The molecule has 1 saturated heterocycles. The Bertz CT molecular complexity index is 870. The van der Waals surface area contributed by atoms with E-state index in [9.17, 15) is 14.9 Å². The first-order chi connectivity index (χ1) is 13.0. The minimum atomic E-state index is -0.471. The van der Waals surface area contributed by atoms with E-state index in [1.807, 2.05) is 15.9 Å². The largest absolute Gasteiger partial charge is 0.367 e. The van der Waals surface area contributed by atoms with E-state index in [1.165, 1.54) is 12.1 Å². The summed E-state index contributed by atoms with van der Waals surface area (Å²) >= 11 is 11.6. The molecule has 1 N–H and O–H groups in total. The maximum absolute atomic E-state index is 12.2. The van der Waals surface area contributed by atoms with E-state index in [2.05, 4.69) is 5.32 Å². The highest BCUT2D eigenvalue weighted by atomic mass is 35.5. The summed E-state index contributed by atoms with van der Waals surface area (Å²) in [7, 11) is 0. The summed E-state index contributed by atoms with van der Waals surface area (Å²) < 4.78 is 0. The average Bonchev–Trinajstić information content (AvgIpc) is 2.68. The van der Waals surface area contributed by atoms with Crippen LogP contribution in [-0.4, -0.2) is 47.0 Å². The van der Waals surface area contributed by atoms with Crippen LogP contribution in [0.4, 0.5) is 11.4 Å². The Morgan fingerprint density at radius 1 is 1.11 bits per heavy atom. The molecular weight excluding hydrogens is 388 g/mol. The minimum absolute atomic E-state index is 0.0350. The van der Waals surface area contributed by atoms with Crippen LogP contribution in [0.1, 0.15) is 10.4 Å². The number of amides is 1. The van der Waals surface area contributed by atoms with Crippen molar-refractivity contribution in [1.29, 1.82) is 0 Å². The maximum atomic E-state index is 12.2. The second kappa shape index (κ2) is 8.32. The van der Waals surface area contributed by atoms with Crippen LogP contribution in [-0.2, 0) is 0 Å². The van der Waals surface area contributed by atoms with Crippen molar-refractivity contribution in [2.75, 3.05) is 31.1 Å². The number of non-ortho nitro benzene ring substituents is 1. The third-order valence-electron chi connectivity index (χ3n) is 4.31. The van der Waals surface area contributed by atoms with E-state index in [0.717, 1.165) is 5.69 Å². The molecule has 1 aliphatic rings. The lowest BCUT2D eigenvalue weighted by Gasteiger charge is -2.37. The van der Waals surface area contributed by atoms with E-state index >= 15 is 0 Å². The number of halogens is 1. The molecule has 0 unspecified atom stereocenters. The third-order valence-corrected chi connectivity index (χ3v) is 4.97. The molecule has 0 atom stereocenters. The van der Waals surface area contributed by atoms with E-state index < -0.39 is 4.92 Å². The Morgan fingerprint density at radius 3 is 2.37 bits per heavy atom. The molecule has 3 rings (SSSR count). The van der Waals surface area contributed by atoms with Gasteiger partial charge >= 0.3 is 0 Å². The Hall–Kier alpha value is -2.71. The number of carbonyl (C=O) groups is 1. The summed E-state index contributed by atoms with van der Waals surface area (Å²) in [6.07, 6.45) is 0. The molecule has 0 bridgehead atoms. The Balaban J connectivity index is 1.58. The second-order valence-electron chi connectivity index (χ2n) is 5.99. The van der Waals surface area contributed by atoms with Gasteiger partial charge in [0.2, 0.25) is 0 Å². The number of rotatable bonds is 3. The van der Waals surface area contributed by atoms with Crippen LogP contribution < -0.4 is 10.2 Å². The number of thiocarbonyl (C=S) groups is 1. The van der Waals surface area contributed by atoms with Crippen molar-refractivity contribution in [2.24, 2.45) is 0 Å². The zero-order chi connectivity index (χ0) is 19.4. The van der Waals surface area contributed by atoms with Crippen LogP contribution in [0.3, 0.4) is 0 Å². The standard InChI is InChI=1S/C18H17ClN4O3S/c19-15-12-14(23(25)26)6-7-16(15)21-8-10-22(11-9-21)18(27)20-17(24)13-4-2-1-3-5-13/h1-7,12H,8-11H2,(H,20,24,27). The van der Waals surface area contributed by atoms with Crippen LogP contribution in [0.25, 0.3) is 0 Å². The number of nitro groups is 1. The topological polar surface area (TPSA) is 78.7 Å². The predicted molar refractivity (Wildman–Crippen MR) is 108 cm³/mol. The van der Waals surface area contributed by atoms with Crippen molar-refractivity contribution in [3.63, 3.8) is 0 Å². The number of hydrogen-bond acceptors (Lipinski definition) is 5. The van der Waals surface area contributed by atoms with E-state index in [0.29, 0.717) is 41.9 Å². The fraction of sp³-hybridized carbons (Fsp3) is 0.222. The van der Waals surface area contributed by atoms with E-state index in [4.69, 9.17) is 23.8 Å². The molecular formula is C18H17ClN4O3S. The molecule has 9 heteroatoms. The highest BCUT2D eigenvalue weighted by Gasteiger charge is 2.22. The zero-order valence-electron chi connectivity index (χ0n) is 14.3. The fourth-order valence-electron chi connectivity index (χ4n) is 2.85. The number of carbonyl (C=O) groups excluding carboxylic acids is 1. The summed E-state index contributed by atoms with van der Waals surface area (Å²) in [4.78, 5) is 26.5. The average molecular weight is 405 g/mol. The van der Waals surface area contributed by atoms with Crippen LogP contribution in [0, 0.1) is 10.1 Å². The zero-order valence-corrected chi connectivity index (χ0v) is 15.9. The molecule has 0 saturated carbocycles. The molecule has 1 heterocycles. The fourth-order valence-corrected chi connectivity index (χ4v) is 3.42. The van der Waals surface area contributed by atoms with Gasteiger partial charge in [-0.1, -0.05) is 29.8 Å². The summed E-state index contributed by atoms with van der Waals surface area (Å²) in [5, 5.41) is 14.3. The lowest BCUT2D eigenvalue weighted by Crippen LogP contribution is -2.52. The normalized spacial score (nSPS) is 14.0. The highest BCUT2D eigenvalue weighted by Crippen LogP contribution is 2.30. The smallest absolute Gasteiger partial charge is 0.271 e. The van der Waals surface area contributed by atoms with Crippen molar-refractivity contribution in [3.05, 3.63) is 69.2 Å². The molecule has 1 fully saturated rings. The molecule has 0 spiro atoms. The van der Waals surface area contributed by atoms with Gasteiger partial charge in [-0.15, -0.1) is 0 Å². The van der Waals surface area contributed by atoms with Crippen molar-refractivity contribution in [1.82, 2.24) is 10.2 Å². The number of nitrogens with zero attached hydrogens (tertiary/aromatic N) is 3. The summed E-state index contributed by atoms with van der Waals surface area (Å²) in [5.74, 6) is -0.235. The molecule has 0 aliphatic carbocycles. The Labute approximate surface area is 166 Å². The minimum Gasteiger partial charge on any atom is -0.367 e. The maximum Gasteiger partial charge on any atom is 0.271 e. The molecule has 1 aliphatic heterocycles. The van der Waals surface area contributed by atoms with Crippen molar-refractivity contribution in [3.8, 4) is 0 Å². The quantitative estimate of drug-likeness (QED) is 0.481. The molecule has 7 nitrogen and oxygen atoms in total. The predicted octanol–water partition coefficient (Wildman–Crippen LogP) is 3.09. The monoisotopic (exact) mass is 404 g/mol. The van der Waals surface area contributed by atoms with Crippen LogP contribution >= 0.6 is 23.8 Å². The van der Waals surface area contributed by atoms with Crippen LogP contribution in [0.2, 0.25) is 5.02 Å². The number of benzene rings is 2. The first-order valence-corrected chi connectivity index (χ1v) is 9.08. The highest BCUT2D eigenvalue weighted by molar-refractivity contribution is 7.80. The van der Waals surface area contributed by atoms with Crippen molar-refractivity contribution < 1.29 is 9.72 Å². The van der Waals surface area contributed by atoms with Crippen LogP contribution in [0.5, 0.6) is 0 Å². The van der Waals surface area contributed by atoms with Gasteiger partial charge in [0.25, 0.3) is 11.6 Å². The molecule has 1 amide bonds. The van der Waals surface area contributed by atoms with Gasteiger partial charge in [0.15, 0.2) is 5.11 Å². The van der Waals surface area contributed by atoms with E-state index in [1.54, 1.807) is 30.3 Å². The molecule has 2 aromatic rings. The van der Waals surface area contributed by atoms with Gasteiger partial charge in [-0.25, -0.2) is 0 Å². The van der Waals surface area contributed by atoms with Gasteiger partial charge in [0.1, 0.15) is 0 Å². The van der Waals surface area contributed by atoms with Gasteiger partial charge in [-0.05, 0) is 30.4 Å². The molecule has 2 aromatic carbocycles. The summed E-state index contributed by atoms with van der Waals surface area (Å²) in [6, 6.07) is 13.4. The van der Waals surface area contributed by atoms with Gasteiger partial charge in [0, 0.05) is 43.9 Å². The Morgan fingerprint density at radius 2 is 1.78 bits per heavy atom. The molecule has 140 valence electrons. The summed E-state index contributed by atoms with van der Waals surface area (Å²) in [6.45, 7) is 2.50. The number of anilines is 1.